The van der Waals surface area contributed by atoms with E-state index in [4.69, 9.17) is 4.74 Å². The molecule has 5 nitrogen and oxygen atoms in total. The molecule has 0 saturated carbocycles. The first-order valence-electron chi connectivity index (χ1n) is 8.17. The molecule has 124 valence electrons. The van der Waals surface area contributed by atoms with E-state index < -0.39 is 10.0 Å². The Labute approximate surface area is 129 Å². The molecule has 6 heteroatoms. The molecule has 1 N–H and O–H groups in total. The maximum Gasteiger partial charge on any atom is 0.211 e. The van der Waals surface area contributed by atoms with Gasteiger partial charge in [0.1, 0.15) is 0 Å². The first-order chi connectivity index (χ1) is 9.85. The molecule has 0 bridgehead atoms. The number of piperidine rings is 1. The van der Waals surface area contributed by atoms with Crippen molar-refractivity contribution in [1.29, 1.82) is 0 Å². The number of rotatable bonds is 6. The monoisotopic (exact) mass is 318 g/mol. The van der Waals surface area contributed by atoms with Gasteiger partial charge in [0.25, 0.3) is 0 Å². The number of hydrogen-bond acceptors (Lipinski definition) is 4. The lowest BCUT2D eigenvalue weighted by Crippen LogP contribution is -2.51. The SMILES string of the molecule is CCNC(CC1CCCN(S(C)(=O)=O)C1)C1(C)CCCO1. The van der Waals surface area contributed by atoms with E-state index in [9.17, 15) is 8.42 Å². The molecule has 2 fully saturated rings. The summed E-state index contributed by atoms with van der Waals surface area (Å²) in [6.07, 6.45) is 6.61. The Morgan fingerprint density at radius 1 is 1.43 bits per heavy atom. The fourth-order valence-corrected chi connectivity index (χ4v) is 4.67. The average molecular weight is 318 g/mol. The molecular formula is C15H30N2O3S. The van der Waals surface area contributed by atoms with Crippen molar-refractivity contribution in [3.8, 4) is 0 Å². The van der Waals surface area contributed by atoms with Crippen LogP contribution in [-0.4, -0.2) is 56.9 Å². The molecule has 0 amide bonds. The van der Waals surface area contributed by atoms with Crippen molar-refractivity contribution in [2.24, 2.45) is 5.92 Å². The van der Waals surface area contributed by atoms with E-state index >= 15 is 0 Å². The van der Waals surface area contributed by atoms with E-state index in [1.165, 1.54) is 6.26 Å². The molecule has 3 atom stereocenters. The van der Waals surface area contributed by atoms with E-state index in [1.807, 2.05) is 0 Å². The molecular weight excluding hydrogens is 288 g/mol. The van der Waals surface area contributed by atoms with Gasteiger partial charge in [0.2, 0.25) is 10.0 Å². The highest BCUT2D eigenvalue weighted by molar-refractivity contribution is 7.88. The molecule has 0 aliphatic carbocycles. The van der Waals surface area contributed by atoms with Crippen LogP contribution >= 0.6 is 0 Å². The summed E-state index contributed by atoms with van der Waals surface area (Å²) in [7, 11) is -3.06. The zero-order chi connectivity index (χ0) is 15.5. The molecule has 2 rings (SSSR count). The first-order valence-corrected chi connectivity index (χ1v) is 10.0. The Hall–Kier alpha value is -0.170. The van der Waals surface area contributed by atoms with Crippen LogP contribution in [0.5, 0.6) is 0 Å². The van der Waals surface area contributed by atoms with E-state index in [2.05, 4.69) is 19.2 Å². The molecule has 2 heterocycles. The van der Waals surface area contributed by atoms with Gasteiger partial charge in [-0.1, -0.05) is 6.92 Å². The fraction of sp³-hybridized carbons (Fsp3) is 1.00. The van der Waals surface area contributed by atoms with Gasteiger partial charge in [0.05, 0.1) is 11.9 Å². The van der Waals surface area contributed by atoms with Gasteiger partial charge in [-0.05, 0) is 51.5 Å². The average Bonchev–Trinajstić information content (AvgIpc) is 2.86. The third-order valence-electron chi connectivity index (χ3n) is 4.96. The number of nitrogens with zero attached hydrogens (tertiary/aromatic N) is 1. The summed E-state index contributed by atoms with van der Waals surface area (Å²) in [5.41, 5.74) is -0.0939. The van der Waals surface area contributed by atoms with Crippen LogP contribution in [0.15, 0.2) is 0 Å². The summed E-state index contributed by atoms with van der Waals surface area (Å²) < 4.78 is 31.1. The molecule has 2 saturated heterocycles. The second-order valence-electron chi connectivity index (χ2n) is 6.74. The molecule has 0 aromatic heterocycles. The third kappa shape index (κ3) is 4.41. The van der Waals surface area contributed by atoms with Gasteiger partial charge in [0.15, 0.2) is 0 Å². The minimum absolute atomic E-state index is 0.0939. The highest BCUT2D eigenvalue weighted by Gasteiger charge is 2.40. The van der Waals surface area contributed by atoms with Crippen molar-refractivity contribution >= 4 is 10.0 Å². The van der Waals surface area contributed by atoms with Crippen LogP contribution in [0.1, 0.15) is 46.0 Å². The predicted octanol–water partition coefficient (Wildman–Crippen LogP) is 1.60. The first kappa shape index (κ1) is 17.2. The van der Waals surface area contributed by atoms with Crippen molar-refractivity contribution in [2.75, 3.05) is 32.5 Å². The van der Waals surface area contributed by atoms with Gasteiger partial charge < -0.3 is 10.1 Å². The minimum atomic E-state index is -3.06. The quantitative estimate of drug-likeness (QED) is 0.808. The van der Waals surface area contributed by atoms with Crippen LogP contribution in [0.3, 0.4) is 0 Å². The number of sulfonamides is 1. The molecule has 2 aliphatic heterocycles. The van der Waals surface area contributed by atoms with E-state index in [0.29, 0.717) is 25.0 Å². The van der Waals surface area contributed by atoms with Gasteiger partial charge >= 0.3 is 0 Å². The number of likely N-dealkylation sites (N-methyl/N-ethyl adjacent to an activating group) is 1. The Bertz CT molecular complexity index is 432. The highest BCUT2D eigenvalue weighted by Crippen LogP contribution is 2.33. The zero-order valence-corrected chi connectivity index (χ0v) is 14.4. The maximum absolute atomic E-state index is 11.7. The molecule has 0 aromatic rings. The zero-order valence-electron chi connectivity index (χ0n) is 13.6. The summed E-state index contributed by atoms with van der Waals surface area (Å²) in [6.45, 7) is 7.43. The van der Waals surface area contributed by atoms with Gasteiger partial charge in [-0.3, -0.25) is 0 Å². The van der Waals surface area contributed by atoms with Crippen LogP contribution in [0.2, 0.25) is 0 Å². The standard InChI is InChI=1S/C15H30N2O3S/c1-4-16-14(15(2)8-6-10-20-15)11-13-7-5-9-17(12-13)21(3,18)19/h13-14,16H,4-12H2,1-3H3. The Balaban J connectivity index is 1.99. The normalized spacial score (nSPS) is 33.2. The second kappa shape index (κ2) is 6.94. The highest BCUT2D eigenvalue weighted by atomic mass is 32.2. The Morgan fingerprint density at radius 2 is 2.19 bits per heavy atom. The van der Waals surface area contributed by atoms with Crippen LogP contribution in [0.4, 0.5) is 0 Å². The summed E-state index contributed by atoms with van der Waals surface area (Å²) in [4.78, 5) is 0. The predicted molar refractivity (Wildman–Crippen MR) is 84.8 cm³/mol. The second-order valence-corrected chi connectivity index (χ2v) is 8.72. The largest absolute Gasteiger partial charge is 0.374 e. The molecule has 3 unspecified atom stereocenters. The van der Waals surface area contributed by atoms with Crippen molar-refractivity contribution in [2.45, 2.75) is 57.6 Å². The van der Waals surface area contributed by atoms with Gasteiger partial charge in [-0.2, -0.15) is 0 Å². The summed E-state index contributed by atoms with van der Waals surface area (Å²) in [5, 5.41) is 3.57. The summed E-state index contributed by atoms with van der Waals surface area (Å²) in [6, 6.07) is 0.314. The van der Waals surface area contributed by atoms with Crippen molar-refractivity contribution in [1.82, 2.24) is 9.62 Å². The van der Waals surface area contributed by atoms with E-state index in [1.54, 1.807) is 4.31 Å². The lowest BCUT2D eigenvalue weighted by atomic mass is 9.83. The smallest absolute Gasteiger partial charge is 0.211 e. The van der Waals surface area contributed by atoms with Gasteiger partial charge in [0, 0.05) is 25.7 Å². The number of nitrogens with one attached hydrogen (secondary N) is 1. The lowest BCUT2D eigenvalue weighted by molar-refractivity contribution is -0.0195. The Morgan fingerprint density at radius 3 is 2.76 bits per heavy atom. The molecule has 0 spiro atoms. The molecule has 21 heavy (non-hydrogen) atoms. The lowest BCUT2D eigenvalue weighted by Gasteiger charge is -2.39. The molecule has 2 aliphatic rings. The van der Waals surface area contributed by atoms with Gasteiger partial charge in [-0.25, -0.2) is 12.7 Å². The van der Waals surface area contributed by atoms with E-state index in [0.717, 1.165) is 45.3 Å². The van der Waals surface area contributed by atoms with Crippen LogP contribution in [-0.2, 0) is 14.8 Å². The molecule has 0 aromatic carbocycles. The minimum Gasteiger partial charge on any atom is -0.374 e. The molecule has 0 radical (unpaired) electrons. The van der Waals surface area contributed by atoms with Crippen LogP contribution in [0, 0.1) is 5.92 Å². The third-order valence-corrected chi connectivity index (χ3v) is 6.23. The van der Waals surface area contributed by atoms with Crippen LogP contribution < -0.4 is 5.32 Å². The van der Waals surface area contributed by atoms with E-state index in [-0.39, 0.29) is 5.60 Å². The topological polar surface area (TPSA) is 58.6 Å². The van der Waals surface area contributed by atoms with Crippen molar-refractivity contribution < 1.29 is 13.2 Å². The van der Waals surface area contributed by atoms with Crippen molar-refractivity contribution in [3.05, 3.63) is 0 Å². The summed E-state index contributed by atoms with van der Waals surface area (Å²) >= 11 is 0. The Kier molecular flexibility index (Phi) is 5.68. The summed E-state index contributed by atoms with van der Waals surface area (Å²) in [5.74, 6) is 0.429. The maximum atomic E-state index is 11.7. The van der Waals surface area contributed by atoms with Crippen molar-refractivity contribution in [3.63, 3.8) is 0 Å². The number of ether oxygens (including phenoxy) is 1. The van der Waals surface area contributed by atoms with Crippen LogP contribution in [0.25, 0.3) is 0 Å². The van der Waals surface area contributed by atoms with Gasteiger partial charge in [-0.15, -0.1) is 0 Å². The fourth-order valence-electron chi connectivity index (χ4n) is 3.72. The number of hydrogen-bond donors (Lipinski definition) is 1.